The number of rotatable bonds is 2. The molecule has 6 heteroatoms. The fourth-order valence-corrected chi connectivity index (χ4v) is 3.07. The predicted octanol–water partition coefficient (Wildman–Crippen LogP) is 2.49. The summed E-state index contributed by atoms with van der Waals surface area (Å²) in [4.78, 5) is 12.0. The van der Waals surface area contributed by atoms with E-state index >= 15 is 0 Å². The van der Waals surface area contributed by atoms with Gasteiger partial charge in [-0.25, -0.2) is 0 Å². The summed E-state index contributed by atoms with van der Waals surface area (Å²) in [7, 11) is 0. The molecule has 1 aromatic carbocycles. The summed E-state index contributed by atoms with van der Waals surface area (Å²) in [5, 5.41) is 12.5. The maximum Gasteiger partial charge on any atom is 0.269 e. The third-order valence-corrected chi connectivity index (χ3v) is 4.81. The van der Waals surface area contributed by atoms with Gasteiger partial charge in [-0.2, -0.15) is 5.26 Å². The van der Waals surface area contributed by atoms with Gasteiger partial charge in [0.05, 0.1) is 11.6 Å². The average Bonchev–Trinajstić information content (AvgIpc) is 2.57. The Balaban J connectivity index is 1.81. The Bertz CT molecular complexity index is 608. The van der Waals surface area contributed by atoms with E-state index in [0.717, 1.165) is 6.42 Å². The van der Waals surface area contributed by atoms with Crippen molar-refractivity contribution < 1.29 is 4.79 Å². The van der Waals surface area contributed by atoms with Crippen molar-refractivity contribution in [2.75, 3.05) is 0 Å². The summed E-state index contributed by atoms with van der Waals surface area (Å²) >= 11 is 5.25. The van der Waals surface area contributed by atoms with Gasteiger partial charge in [0.1, 0.15) is 0 Å². The van der Waals surface area contributed by atoms with Crippen LogP contribution in [0.25, 0.3) is 0 Å². The molecular weight excluding hydrogens is 308 g/mol. The molecule has 0 saturated heterocycles. The van der Waals surface area contributed by atoms with Gasteiger partial charge in [-0.1, -0.05) is 26.7 Å². The van der Waals surface area contributed by atoms with Crippen LogP contribution in [-0.4, -0.2) is 17.1 Å². The van der Waals surface area contributed by atoms with Gasteiger partial charge in [-0.15, -0.1) is 0 Å². The normalized spacial score (nSPS) is 23.4. The van der Waals surface area contributed by atoms with Crippen LogP contribution in [0, 0.1) is 23.2 Å². The number of hydrogen-bond donors (Lipinski definition) is 3. The number of nitrogens with zero attached hydrogens (tertiary/aromatic N) is 1. The number of benzene rings is 1. The van der Waals surface area contributed by atoms with Crippen LogP contribution < -0.4 is 16.2 Å². The van der Waals surface area contributed by atoms with E-state index < -0.39 is 0 Å². The minimum absolute atomic E-state index is 0.288. The molecule has 23 heavy (non-hydrogen) atoms. The van der Waals surface area contributed by atoms with E-state index in [1.807, 2.05) is 6.07 Å². The van der Waals surface area contributed by atoms with Crippen LogP contribution in [0.5, 0.6) is 0 Å². The zero-order chi connectivity index (χ0) is 16.8. The molecule has 1 amide bonds. The molecule has 0 aliphatic heterocycles. The Labute approximate surface area is 142 Å². The van der Waals surface area contributed by atoms with Crippen molar-refractivity contribution in [2.24, 2.45) is 11.8 Å². The number of amides is 1. The first-order chi connectivity index (χ1) is 11.0. The maximum atomic E-state index is 12.0. The molecule has 122 valence electrons. The molecule has 3 atom stereocenters. The molecule has 1 fully saturated rings. The lowest BCUT2D eigenvalue weighted by Gasteiger charge is -2.35. The first kappa shape index (κ1) is 17.2. The molecule has 0 bridgehead atoms. The van der Waals surface area contributed by atoms with Gasteiger partial charge in [0.25, 0.3) is 5.91 Å². The minimum Gasteiger partial charge on any atom is -0.358 e. The second-order valence-corrected chi connectivity index (χ2v) is 6.52. The standard InChI is InChI=1S/C17H22N4OS/c1-11-4-3-5-15(12(11)2)19-17(23)21-20-16(22)14-8-6-13(10-18)7-9-14/h6-9,11-12,15H,3-5H2,1-2H3,(H,20,22)(H2,19,21,23)/t11-,12+,15-/m0/s1. The van der Waals surface area contributed by atoms with Crippen LogP contribution in [0.3, 0.4) is 0 Å². The number of hydrogen-bond acceptors (Lipinski definition) is 3. The average molecular weight is 330 g/mol. The number of carbonyl (C=O) groups is 1. The van der Waals surface area contributed by atoms with E-state index in [4.69, 9.17) is 17.5 Å². The highest BCUT2D eigenvalue weighted by atomic mass is 32.1. The Morgan fingerprint density at radius 2 is 1.91 bits per heavy atom. The number of nitriles is 1. The van der Waals surface area contributed by atoms with Gasteiger partial charge in [0.2, 0.25) is 0 Å². The summed E-state index contributed by atoms with van der Waals surface area (Å²) < 4.78 is 0. The lowest BCUT2D eigenvalue weighted by molar-refractivity contribution is 0.0943. The fraction of sp³-hybridized carbons (Fsp3) is 0.471. The van der Waals surface area contributed by atoms with Gasteiger partial charge in [-0.05, 0) is 54.7 Å². The quantitative estimate of drug-likeness (QED) is 0.574. The Morgan fingerprint density at radius 3 is 2.57 bits per heavy atom. The minimum atomic E-state index is -0.288. The number of carbonyl (C=O) groups excluding carboxylic acids is 1. The molecule has 0 radical (unpaired) electrons. The van der Waals surface area contributed by atoms with Crippen molar-refractivity contribution in [1.29, 1.82) is 5.26 Å². The SMILES string of the molecule is C[C@H]1[C@@H](NC(=S)NNC(=O)c2ccc(C#N)cc2)CCC[C@@H]1C. The third kappa shape index (κ3) is 4.67. The molecule has 5 nitrogen and oxygen atoms in total. The maximum absolute atomic E-state index is 12.0. The summed E-state index contributed by atoms with van der Waals surface area (Å²) in [5.74, 6) is 0.943. The van der Waals surface area contributed by atoms with Gasteiger partial charge in [0, 0.05) is 11.6 Å². The summed E-state index contributed by atoms with van der Waals surface area (Å²) in [6, 6.07) is 8.79. The van der Waals surface area contributed by atoms with Crippen molar-refractivity contribution in [1.82, 2.24) is 16.2 Å². The van der Waals surface area contributed by atoms with Crippen molar-refractivity contribution in [3.63, 3.8) is 0 Å². The molecular formula is C17H22N4OS. The summed E-state index contributed by atoms with van der Waals surface area (Å²) in [6.07, 6.45) is 3.55. The van der Waals surface area contributed by atoms with E-state index in [9.17, 15) is 4.79 Å². The fourth-order valence-electron chi connectivity index (χ4n) is 2.87. The van der Waals surface area contributed by atoms with Crippen molar-refractivity contribution in [3.8, 4) is 6.07 Å². The number of nitrogens with one attached hydrogen (secondary N) is 3. The van der Waals surface area contributed by atoms with Crippen LogP contribution >= 0.6 is 12.2 Å². The molecule has 1 saturated carbocycles. The molecule has 0 heterocycles. The Kier molecular flexibility index (Phi) is 5.94. The second-order valence-electron chi connectivity index (χ2n) is 6.12. The Morgan fingerprint density at radius 1 is 1.22 bits per heavy atom. The van der Waals surface area contributed by atoms with Gasteiger partial charge >= 0.3 is 0 Å². The third-order valence-electron chi connectivity index (χ3n) is 4.59. The van der Waals surface area contributed by atoms with Crippen molar-refractivity contribution in [2.45, 2.75) is 39.2 Å². The monoisotopic (exact) mass is 330 g/mol. The lowest BCUT2D eigenvalue weighted by Crippen LogP contribution is -2.52. The zero-order valence-electron chi connectivity index (χ0n) is 13.4. The van der Waals surface area contributed by atoms with Crippen molar-refractivity contribution in [3.05, 3.63) is 35.4 Å². The summed E-state index contributed by atoms with van der Waals surface area (Å²) in [6.45, 7) is 4.50. The van der Waals surface area contributed by atoms with E-state index in [-0.39, 0.29) is 5.91 Å². The van der Waals surface area contributed by atoms with Crippen LogP contribution in [0.1, 0.15) is 49.0 Å². The molecule has 1 aromatic rings. The zero-order valence-corrected chi connectivity index (χ0v) is 14.2. The molecule has 1 aliphatic rings. The van der Waals surface area contributed by atoms with Gasteiger partial charge < -0.3 is 5.32 Å². The Hall–Kier alpha value is -2.13. The number of hydrazine groups is 1. The van der Waals surface area contributed by atoms with Crippen LogP contribution in [0.2, 0.25) is 0 Å². The van der Waals surface area contributed by atoms with Crippen LogP contribution in [0.4, 0.5) is 0 Å². The van der Waals surface area contributed by atoms with E-state index in [2.05, 4.69) is 30.0 Å². The first-order valence-electron chi connectivity index (χ1n) is 7.88. The molecule has 0 aromatic heterocycles. The van der Waals surface area contributed by atoms with E-state index in [0.29, 0.717) is 34.1 Å². The molecule has 3 N–H and O–H groups in total. The largest absolute Gasteiger partial charge is 0.358 e. The highest BCUT2D eigenvalue weighted by Gasteiger charge is 2.27. The summed E-state index contributed by atoms with van der Waals surface area (Å²) in [5.41, 5.74) is 6.32. The van der Waals surface area contributed by atoms with Crippen LogP contribution in [-0.2, 0) is 0 Å². The van der Waals surface area contributed by atoms with E-state index in [1.165, 1.54) is 12.8 Å². The highest BCUT2D eigenvalue weighted by molar-refractivity contribution is 7.80. The molecule has 2 rings (SSSR count). The smallest absolute Gasteiger partial charge is 0.269 e. The van der Waals surface area contributed by atoms with Crippen LogP contribution in [0.15, 0.2) is 24.3 Å². The molecule has 1 aliphatic carbocycles. The molecule has 0 unspecified atom stereocenters. The second kappa shape index (κ2) is 7.93. The van der Waals surface area contributed by atoms with Gasteiger partial charge in [0.15, 0.2) is 5.11 Å². The molecule has 0 spiro atoms. The predicted molar refractivity (Wildman–Crippen MR) is 93.5 cm³/mol. The topological polar surface area (TPSA) is 76.9 Å². The number of thiocarbonyl (C=S) groups is 1. The lowest BCUT2D eigenvalue weighted by atomic mass is 9.78. The highest BCUT2D eigenvalue weighted by Crippen LogP contribution is 2.29. The van der Waals surface area contributed by atoms with Gasteiger partial charge in [-0.3, -0.25) is 15.6 Å². The van der Waals surface area contributed by atoms with Crippen molar-refractivity contribution >= 4 is 23.2 Å². The first-order valence-corrected chi connectivity index (χ1v) is 8.29. The van der Waals surface area contributed by atoms with E-state index in [1.54, 1.807) is 24.3 Å².